The molecule has 5 nitrogen and oxygen atoms in total. The van der Waals surface area contributed by atoms with Crippen LogP contribution in [-0.2, 0) is 16.0 Å². The molecule has 1 heterocycles. The van der Waals surface area contributed by atoms with Crippen LogP contribution in [0.5, 0.6) is 0 Å². The molecule has 4 rings (SSSR count). The Morgan fingerprint density at radius 2 is 1.64 bits per heavy atom. The van der Waals surface area contributed by atoms with E-state index in [2.05, 4.69) is 21.2 Å². The van der Waals surface area contributed by atoms with Gasteiger partial charge in [-0.15, -0.1) is 0 Å². The fourth-order valence-electron chi connectivity index (χ4n) is 3.40. The largest absolute Gasteiger partial charge is 0.345 e. The number of hydrogen-bond acceptors (Lipinski definition) is 5. The van der Waals surface area contributed by atoms with Gasteiger partial charge >= 0.3 is 0 Å². The van der Waals surface area contributed by atoms with Crippen molar-refractivity contribution >= 4 is 50.3 Å². The maximum absolute atomic E-state index is 12.7. The zero-order valence-electron chi connectivity index (χ0n) is 18.0. The highest BCUT2D eigenvalue weighted by atomic mass is 79.9. The zero-order chi connectivity index (χ0) is 23.2. The van der Waals surface area contributed by atoms with Crippen LogP contribution in [0.3, 0.4) is 0 Å². The summed E-state index contributed by atoms with van der Waals surface area (Å²) in [4.78, 5) is 34.3. The number of para-hydroxylation sites is 1. The molecular formula is C26H22BrN3O2S. The van der Waals surface area contributed by atoms with E-state index < -0.39 is 6.04 Å². The Balaban J connectivity index is 1.51. The van der Waals surface area contributed by atoms with Gasteiger partial charge in [0.1, 0.15) is 5.03 Å². The molecule has 3 aromatic carbocycles. The van der Waals surface area contributed by atoms with Crippen LogP contribution in [0.25, 0.3) is 22.3 Å². The quantitative estimate of drug-likeness (QED) is 0.247. The van der Waals surface area contributed by atoms with E-state index >= 15 is 0 Å². The summed E-state index contributed by atoms with van der Waals surface area (Å²) in [5, 5.41) is 4.50. The number of aromatic nitrogens is 2. The van der Waals surface area contributed by atoms with Crippen LogP contribution in [0.15, 0.2) is 88.4 Å². The lowest BCUT2D eigenvalue weighted by atomic mass is 10.0. The Bertz CT molecular complexity index is 1280. The van der Waals surface area contributed by atoms with E-state index in [0.29, 0.717) is 12.2 Å². The fraction of sp³-hybridized carbons (Fsp3) is 0.154. The van der Waals surface area contributed by atoms with Crippen molar-refractivity contribution in [3.8, 4) is 11.4 Å². The van der Waals surface area contributed by atoms with E-state index in [1.54, 1.807) is 0 Å². The number of amides is 1. The van der Waals surface area contributed by atoms with Crippen molar-refractivity contribution in [2.24, 2.45) is 0 Å². The van der Waals surface area contributed by atoms with Crippen molar-refractivity contribution in [2.75, 3.05) is 5.75 Å². The number of ketones is 1. The summed E-state index contributed by atoms with van der Waals surface area (Å²) in [5.74, 6) is 0.486. The molecule has 0 bridgehead atoms. The second-order valence-electron chi connectivity index (χ2n) is 7.59. The van der Waals surface area contributed by atoms with Crippen LogP contribution in [0, 0.1) is 0 Å². The van der Waals surface area contributed by atoms with Crippen molar-refractivity contribution in [1.82, 2.24) is 15.3 Å². The number of nitrogens with zero attached hydrogens (tertiary/aromatic N) is 2. The number of thioether (sulfide) groups is 1. The smallest absolute Gasteiger partial charge is 0.231 e. The maximum atomic E-state index is 12.7. The predicted molar refractivity (Wildman–Crippen MR) is 136 cm³/mol. The average molecular weight is 520 g/mol. The van der Waals surface area contributed by atoms with Crippen molar-refractivity contribution in [1.29, 1.82) is 0 Å². The standard InChI is InChI=1S/C26H22BrN3O2S/c1-17(31)23(15-18-7-3-2-4-8-18)28-24(32)16-33-26-21-9-5-6-10-22(21)29-25(30-26)19-11-13-20(27)14-12-19/h2-14,23H,15-16H2,1H3,(H,28,32)/t23-/m0/s1. The molecule has 4 aromatic rings. The lowest BCUT2D eigenvalue weighted by Crippen LogP contribution is -2.42. The second kappa shape index (κ2) is 10.7. The Kier molecular flexibility index (Phi) is 7.52. The Morgan fingerprint density at radius 1 is 0.939 bits per heavy atom. The molecule has 0 radical (unpaired) electrons. The topological polar surface area (TPSA) is 72.0 Å². The predicted octanol–water partition coefficient (Wildman–Crippen LogP) is 5.47. The minimum absolute atomic E-state index is 0.0674. The van der Waals surface area contributed by atoms with Crippen LogP contribution in [-0.4, -0.2) is 33.5 Å². The average Bonchev–Trinajstić information content (AvgIpc) is 2.83. The van der Waals surface area contributed by atoms with Gasteiger partial charge < -0.3 is 5.32 Å². The molecule has 0 fully saturated rings. The van der Waals surface area contributed by atoms with E-state index in [0.717, 1.165) is 31.5 Å². The highest BCUT2D eigenvalue weighted by molar-refractivity contribution is 9.10. The first-order valence-electron chi connectivity index (χ1n) is 10.5. The van der Waals surface area contributed by atoms with E-state index in [9.17, 15) is 9.59 Å². The van der Waals surface area contributed by atoms with E-state index in [1.165, 1.54) is 18.7 Å². The minimum atomic E-state index is -0.555. The number of halogens is 1. The highest BCUT2D eigenvalue weighted by Gasteiger charge is 2.18. The number of hydrogen-bond donors (Lipinski definition) is 1. The Labute approximate surface area is 205 Å². The molecule has 0 spiro atoms. The first-order valence-corrected chi connectivity index (χ1v) is 12.3. The summed E-state index contributed by atoms with van der Waals surface area (Å²) >= 11 is 4.80. The number of carbonyl (C=O) groups excluding carboxylic acids is 2. The molecule has 0 aliphatic carbocycles. The molecule has 7 heteroatoms. The molecule has 1 N–H and O–H groups in total. The van der Waals surface area contributed by atoms with Gasteiger partial charge in [0.2, 0.25) is 5.91 Å². The van der Waals surface area contributed by atoms with Crippen LogP contribution < -0.4 is 5.32 Å². The highest BCUT2D eigenvalue weighted by Crippen LogP contribution is 2.28. The molecule has 166 valence electrons. The van der Waals surface area contributed by atoms with Gasteiger partial charge in [0.05, 0.1) is 17.3 Å². The van der Waals surface area contributed by atoms with Crippen LogP contribution in [0.2, 0.25) is 0 Å². The molecule has 0 saturated carbocycles. The first kappa shape index (κ1) is 23.1. The summed E-state index contributed by atoms with van der Waals surface area (Å²) in [6.45, 7) is 1.50. The molecule has 0 unspecified atom stereocenters. The number of fused-ring (bicyclic) bond motifs is 1. The summed E-state index contributed by atoms with van der Waals surface area (Å²) in [5.41, 5.74) is 2.72. The van der Waals surface area contributed by atoms with Gasteiger partial charge in [-0.2, -0.15) is 0 Å². The van der Waals surface area contributed by atoms with Gasteiger partial charge in [-0.25, -0.2) is 9.97 Å². The van der Waals surface area contributed by atoms with Crippen molar-refractivity contribution in [3.05, 3.63) is 88.9 Å². The van der Waals surface area contributed by atoms with Crippen molar-refractivity contribution in [2.45, 2.75) is 24.4 Å². The number of Topliss-reactive ketones (excluding diaryl/α,β-unsaturated/α-hetero) is 1. The fourth-order valence-corrected chi connectivity index (χ4v) is 4.50. The summed E-state index contributed by atoms with van der Waals surface area (Å²) in [7, 11) is 0. The molecule has 1 atom stereocenters. The van der Waals surface area contributed by atoms with Gasteiger partial charge in [-0.3, -0.25) is 9.59 Å². The molecule has 33 heavy (non-hydrogen) atoms. The third-order valence-corrected chi connectivity index (χ3v) is 6.64. The van der Waals surface area contributed by atoms with Gasteiger partial charge in [-0.1, -0.05) is 88.4 Å². The van der Waals surface area contributed by atoms with E-state index in [-0.39, 0.29) is 17.4 Å². The lowest BCUT2D eigenvalue weighted by molar-refractivity contribution is -0.125. The second-order valence-corrected chi connectivity index (χ2v) is 9.47. The molecule has 0 aliphatic heterocycles. The number of benzene rings is 3. The number of rotatable bonds is 8. The molecule has 1 amide bonds. The van der Waals surface area contributed by atoms with Crippen molar-refractivity contribution < 1.29 is 9.59 Å². The van der Waals surface area contributed by atoms with Gasteiger partial charge in [0.25, 0.3) is 0 Å². The Hall–Kier alpha value is -3.03. The molecular weight excluding hydrogens is 498 g/mol. The normalized spacial score (nSPS) is 11.8. The Morgan fingerprint density at radius 3 is 2.36 bits per heavy atom. The van der Waals surface area contributed by atoms with Gasteiger partial charge in [-0.05, 0) is 37.1 Å². The SMILES string of the molecule is CC(=O)[C@H](Cc1ccccc1)NC(=O)CSc1nc(-c2ccc(Br)cc2)nc2ccccc12. The zero-order valence-corrected chi connectivity index (χ0v) is 20.4. The number of nitrogens with one attached hydrogen (secondary N) is 1. The van der Waals surface area contributed by atoms with Crippen LogP contribution >= 0.6 is 27.7 Å². The minimum Gasteiger partial charge on any atom is -0.345 e. The summed E-state index contributed by atoms with van der Waals surface area (Å²) < 4.78 is 0.980. The first-order chi connectivity index (χ1) is 16.0. The molecule has 0 aliphatic rings. The van der Waals surface area contributed by atoms with Gasteiger partial charge in [0, 0.05) is 15.4 Å². The van der Waals surface area contributed by atoms with Crippen LogP contribution in [0.4, 0.5) is 0 Å². The van der Waals surface area contributed by atoms with Crippen molar-refractivity contribution in [3.63, 3.8) is 0 Å². The van der Waals surface area contributed by atoms with E-state index in [4.69, 9.17) is 9.97 Å². The van der Waals surface area contributed by atoms with Gasteiger partial charge in [0.15, 0.2) is 11.6 Å². The molecule has 1 aromatic heterocycles. The lowest BCUT2D eigenvalue weighted by Gasteiger charge is -2.16. The summed E-state index contributed by atoms with van der Waals surface area (Å²) in [6.07, 6.45) is 0.469. The third kappa shape index (κ3) is 6.06. The summed E-state index contributed by atoms with van der Waals surface area (Å²) in [6, 6.07) is 24.7. The maximum Gasteiger partial charge on any atom is 0.231 e. The number of carbonyl (C=O) groups is 2. The third-order valence-electron chi connectivity index (χ3n) is 5.12. The van der Waals surface area contributed by atoms with Crippen LogP contribution in [0.1, 0.15) is 12.5 Å². The molecule has 0 saturated heterocycles. The van der Waals surface area contributed by atoms with E-state index in [1.807, 2.05) is 78.9 Å². The monoisotopic (exact) mass is 519 g/mol.